The number of fused-ring (bicyclic) bond motifs is 18. The quantitative estimate of drug-likeness (QED) is 0.137. The Morgan fingerprint density at radius 2 is 0.439 bits per heavy atom. The van der Waals surface area contributed by atoms with E-state index < -0.39 is 0 Å². The van der Waals surface area contributed by atoms with Crippen molar-refractivity contribution >= 4 is 90.8 Å². The number of aromatic amines is 4. The van der Waals surface area contributed by atoms with Gasteiger partial charge >= 0.3 is 0 Å². The van der Waals surface area contributed by atoms with Gasteiger partial charge in [0.15, 0.2) is 0 Å². The fourth-order valence-corrected chi connectivity index (χ4v) is 13.9. The van der Waals surface area contributed by atoms with Gasteiger partial charge in [-0.05, 0) is 247 Å². The Hall–Kier alpha value is -9.66. The van der Waals surface area contributed by atoms with Crippen LogP contribution in [0.2, 0.25) is 0 Å². The molecule has 16 bridgehead atoms. The van der Waals surface area contributed by atoms with E-state index in [1.165, 1.54) is 44.5 Å². The molecule has 0 saturated carbocycles. The molecule has 4 N–H and O–H groups in total. The maximum absolute atomic E-state index is 7.29. The van der Waals surface area contributed by atoms with Crippen LogP contribution in [0.4, 0.5) is 0 Å². The molecule has 8 heteroatoms. The van der Waals surface area contributed by atoms with Crippen molar-refractivity contribution in [1.82, 2.24) is 29.9 Å². The Morgan fingerprint density at radius 1 is 0.232 bits per heavy atom. The van der Waals surface area contributed by atoms with Gasteiger partial charge in [-0.25, -0.2) is 9.97 Å². The summed E-state index contributed by atoms with van der Waals surface area (Å²) in [6, 6.07) is 44.0. The van der Waals surface area contributed by atoms with Crippen molar-refractivity contribution in [3.63, 3.8) is 0 Å². The number of H-pyrrole nitrogens is 4. The number of hydrogen-bond acceptors (Lipinski definition) is 4. The minimum atomic E-state index is 0.761. The molecule has 2 aliphatic heterocycles. The van der Waals surface area contributed by atoms with E-state index >= 15 is 0 Å². The first-order valence-electron chi connectivity index (χ1n) is 28.4. The zero-order chi connectivity index (χ0) is 56.6. The van der Waals surface area contributed by atoms with Crippen molar-refractivity contribution in [3.05, 3.63) is 211 Å². The number of nitrogens with zero attached hydrogens (tertiary/aromatic N) is 2. The molecule has 0 amide bonds. The molecular formula is C74H64N6O2. The van der Waals surface area contributed by atoms with Crippen LogP contribution in [0.25, 0.3) is 146 Å². The van der Waals surface area contributed by atoms with Gasteiger partial charge in [0.05, 0.1) is 55.9 Å². The minimum Gasteiger partial charge on any atom is -0.456 e. The lowest BCUT2D eigenvalue weighted by Crippen LogP contribution is -1.92. The Morgan fingerprint density at radius 3 is 0.695 bits per heavy atom. The topological polar surface area (TPSA) is 115 Å². The Balaban J connectivity index is 1.16. The van der Waals surface area contributed by atoms with Gasteiger partial charge in [0, 0.05) is 44.4 Å². The Bertz CT molecular complexity index is 4660. The van der Waals surface area contributed by atoms with E-state index in [1.807, 2.05) is 0 Å². The molecule has 2 aliphatic rings. The standard InChI is InChI=1S/C74H64N6O2/c1-37-29-41(5)65(42(6)30-37)71-57-19-15-51(77-57)49-13-17-53(75-49)69(55-21-23-59(79-55)73(63-27-25-61(71)81-63)67-45(9)33-39(3)34-46(67)10)70-54-18-14-50(76-54)52-16-20-58(78-52)72(66-43(7)31-38(2)32-44(66)8)62-26-28-64(82-62)74(60-24-22-56(70)80-60)68-47(11)35-40(4)36-48(68)12/h13-36,77-80H,1-12H3. The summed E-state index contributed by atoms with van der Waals surface area (Å²) in [5.41, 5.74) is 38.0. The van der Waals surface area contributed by atoms with Crippen LogP contribution < -0.4 is 0 Å². The highest BCUT2D eigenvalue weighted by Crippen LogP contribution is 2.45. The highest BCUT2D eigenvalue weighted by molar-refractivity contribution is 6.06. The van der Waals surface area contributed by atoms with Crippen LogP contribution >= 0.6 is 0 Å². The van der Waals surface area contributed by atoms with Crippen molar-refractivity contribution in [2.75, 3.05) is 0 Å². The zero-order valence-electron chi connectivity index (χ0n) is 48.6. The number of benzene rings is 4. The smallest absolute Gasteiger partial charge is 0.137 e. The van der Waals surface area contributed by atoms with Crippen molar-refractivity contribution in [3.8, 4) is 55.6 Å². The van der Waals surface area contributed by atoms with Crippen LogP contribution in [0, 0.1) is 83.1 Å². The largest absolute Gasteiger partial charge is 0.456 e. The predicted molar refractivity (Wildman–Crippen MR) is 344 cm³/mol. The number of nitrogens with one attached hydrogen (secondary N) is 4. The van der Waals surface area contributed by atoms with Gasteiger partial charge in [-0.1, -0.05) is 70.8 Å². The molecule has 8 aromatic heterocycles. The summed E-state index contributed by atoms with van der Waals surface area (Å²) in [6.07, 6.45) is 8.54. The second-order valence-electron chi connectivity index (χ2n) is 23.2. The lowest BCUT2D eigenvalue weighted by Gasteiger charge is -2.13. The molecule has 0 unspecified atom stereocenters. The third-order valence-corrected chi connectivity index (χ3v) is 16.9. The molecule has 0 spiro atoms. The summed E-state index contributed by atoms with van der Waals surface area (Å²) < 4.78 is 14.6. The SMILES string of the molecule is Cc1cc(C)c(-c2c3ccc([nH]3)c3nc(c(-c4c5nc(c6ccc([nH]6)c(-c6c(C)cc(C)cc6C)c6ccc(o6)c(-c6c(C)cc(C)cc6C)c6ccc4[nH]6)C=C5)c4ccc([nH]4)c(-c4c(C)cc(C)cc4C)c4ccc2o4)C=C3)c(C)c1. The molecule has 4 aromatic carbocycles. The summed E-state index contributed by atoms with van der Waals surface area (Å²) >= 11 is 0. The normalized spacial score (nSPS) is 12.3. The van der Waals surface area contributed by atoms with Crippen LogP contribution in [-0.4, -0.2) is 29.9 Å². The third-order valence-electron chi connectivity index (χ3n) is 16.9. The summed E-state index contributed by atoms with van der Waals surface area (Å²) in [5, 5.41) is 0. The van der Waals surface area contributed by atoms with Gasteiger partial charge < -0.3 is 28.8 Å². The molecule has 82 heavy (non-hydrogen) atoms. The monoisotopic (exact) mass is 1070 g/mol. The first-order chi connectivity index (χ1) is 39.5. The molecule has 0 fully saturated rings. The molecular weight excluding hydrogens is 1000 g/mol. The molecule has 0 atom stereocenters. The van der Waals surface area contributed by atoms with Crippen molar-refractivity contribution in [2.45, 2.75) is 83.1 Å². The lowest BCUT2D eigenvalue weighted by molar-refractivity contribution is 0.668. The summed E-state index contributed by atoms with van der Waals surface area (Å²) in [4.78, 5) is 27.0. The molecule has 14 rings (SSSR count). The van der Waals surface area contributed by atoms with Gasteiger partial charge in [-0.3, -0.25) is 0 Å². The minimum absolute atomic E-state index is 0.761. The van der Waals surface area contributed by atoms with E-state index in [2.05, 4.69) is 249 Å². The van der Waals surface area contributed by atoms with Crippen LogP contribution in [0.5, 0.6) is 0 Å². The van der Waals surface area contributed by atoms with Gasteiger partial charge in [0.25, 0.3) is 0 Å². The van der Waals surface area contributed by atoms with E-state index in [-0.39, 0.29) is 0 Å². The van der Waals surface area contributed by atoms with Crippen molar-refractivity contribution in [2.24, 2.45) is 0 Å². The van der Waals surface area contributed by atoms with Crippen molar-refractivity contribution in [1.29, 1.82) is 0 Å². The van der Waals surface area contributed by atoms with E-state index in [9.17, 15) is 0 Å². The number of furan rings is 2. The molecule has 0 aliphatic carbocycles. The van der Waals surface area contributed by atoms with Gasteiger partial charge in [0.1, 0.15) is 22.3 Å². The van der Waals surface area contributed by atoms with E-state index in [1.54, 1.807) is 0 Å². The lowest BCUT2D eigenvalue weighted by atomic mass is 9.93. The van der Waals surface area contributed by atoms with Crippen LogP contribution in [-0.2, 0) is 0 Å². The fourth-order valence-electron chi connectivity index (χ4n) is 13.9. The van der Waals surface area contributed by atoms with Gasteiger partial charge in [-0.15, -0.1) is 0 Å². The molecule has 402 valence electrons. The molecule has 0 radical (unpaired) electrons. The average Bonchev–Trinajstić information content (AvgIpc) is 4.13. The molecule has 0 saturated heterocycles. The van der Waals surface area contributed by atoms with E-state index in [0.717, 1.165) is 167 Å². The third kappa shape index (κ3) is 8.26. The molecule has 10 heterocycles. The van der Waals surface area contributed by atoms with E-state index in [4.69, 9.17) is 18.8 Å². The van der Waals surface area contributed by atoms with Crippen LogP contribution in [0.1, 0.15) is 89.5 Å². The average molecular weight is 1070 g/mol. The Labute approximate surface area is 476 Å². The summed E-state index contributed by atoms with van der Waals surface area (Å²) in [5.74, 6) is 0. The maximum Gasteiger partial charge on any atom is 0.137 e. The number of rotatable bonds is 5. The maximum atomic E-state index is 7.29. The second-order valence-corrected chi connectivity index (χ2v) is 23.2. The first-order valence-corrected chi connectivity index (χ1v) is 28.4. The van der Waals surface area contributed by atoms with Crippen LogP contribution in [0.3, 0.4) is 0 Å². The second kappa shape index (κ2) is 19.0. The number of aryl methyl sites for hydroxylation is 12. The predicted octanol–water partition coefficient (Wildman–Crippen LogP) is 20.3. The highest BCUT2D eigenvalue weighted by Gasteiger charge is 2.24. The highest BCUT2D eigenvalue weighted by atomic mass is 16.3. The van der Waals surface area contributed by atoms with Crippen molar-refractivity contribution < 1.29 is 8.83 Å². The molecule has 8 nitrogen and oxygen atoms in total. The zero-order valence-corrected chi connectivity index (χ0v) is 48.6. The van der Waals surface area contributed by atoms with Gasteiger partial charge in [0.2, 0.25) is 0 Å². The number of aromatic nitrogens is 6. The first kappa shape index (κ1) is 50.6. The van der Waals surface area contributed by atoms with E-state index in [0.29, 0.717) is 0 Å². The van der Waals surface area contributed by atoms with Crippen LogP contribution in [0.15, 0.2) is 130 Å². The molecule has 12 aromatic rings. The van der Waals surface area contributed by atoms with Gasteiger partial charge in [-0.2, -0.15) is 0 Å². The summed E-state index contributed by atoms with van der Waals surface area (Å²) in [7, 11) is 0. The number of hydrogen-bond donors (Lipinski definition) is 4. The fraction of sp³-hybridized carbons (Fsp3) is 0.162. The Kier molecular flexibility index (Phi) is 11.7. The summed E-state index contributed by atoms with van der Waals surface area (Å²) in [6.45, 7) is 26.2.